The van der Waals surface area contributed by atoms with Crippen LogP contribution in [-0.2, 0) is 0 Å². The number of halogens is 4. The van der Waals surface area contributed by atoms with Crippen LogP contribution in [0.2, 0.25) is 0 Å². The first-order valence-electron chi connectivity index (χ1n) is 7.24. The molecule has 9 heteroatoms. The van der Waals surface area contributed by atoms with Crippen LogP contribution in [-0.4, -0.2) is 15.9 Å². The van der Waals surface area contributed by atoms with Crippen molar-refractivity contribution in [3.8, 4) is 0 Å². The number of hydrogen-bond donors (Lipinski definition) is 2. The van der Waals surface area contributed by atoms with Crippen molar-refractivity contribution in [2.45, 2.75) is 0 Å². The number of nitrogens with zero attached hydrogens (tertiary/aromatic N) is 2. The van der Waals surface area contributed by atoms with Crippen molar-refractivity contribution >= 4 is 23.1 Å². The van der Waals surface area contributed by atoms with Gasteiger partial charge in [-0.25, -0.2) is 27.5 Å². The fraction of sp³-hybridized carbons (Fsp3) is 0. The van der Waals surface area contributed by atoms with Crippen molar-refractivity contribution in [3.05, 3.63) is 77.8 Å². The van der Waals surface area contributed by atoms with Crippen LogP contribution < -0.4 is 10.6 Å². The van der Waals surface area contributed by atoms with E-state index in [-0.39, 0.29) is 17.2 Å². The van der Waals surface area contributed by atoms with E-state index in [1.807, 2.05) is 0 Å². The summed E-state index contributed by atoms with van der Waals surface area (Å²) in [6.07, 6.45) is 2.24. The van der Waals surface area contributed by atoms with Gasteiger partial charge in [-0.1, -0.05) is 12.1 Å². The zero-order chi connectivity index (χ0) is 18.7. The van der Waals surface area contributed by atoms with Crippen LogP contribution in [0.3, 0.4) is 0 Å². The van der Waals surface area contributed by atoms with Crippen molar-refractivity contribution in [1.29, 1.82) is 0 Å². The van der Waals surface area contributed by atoms with Crippen molar-refractivity contribution < 1.29 is 22.4 Å². The normalized spacial score (nSPS) is 10.5. The minimum absolute atomic E-state index is 0.169. The van der Waals surface area contributed by atoms with Gasteiger partial charge in [0.05, 0.1) is 23.8 Å². The monoisotopic (exact) mass is 362 g/mol. The van der Waals surface area contributed by atoms with Gasteiger partial charge in [0, 0.05) is 0 Å². The third-order valence-corrected chi connectivity index (χ3v) is 3.30. The first-order chi connectivity index (χ1) is 12.5. The number of rotatable bonds is 4. The summed E-state index contributed by atoms with van der Waals surface area (Å²) in [5.41, 5.74) is -0.569. The quantitative estimate of drug-likeness (QED) is 0.543. The highest BCUT2D eigenvalue weighted by molar-refractivity contribution is 6.02. The molecule has 1 amide bonds. The topological polar surface area (TPSA) is 66.9 Å². The number of nitrogens with one attached hydrogen (secondary N) is 2. The molecule has 0 saturated carbocycles. The summed E-state index contributed by atoms with van der Waals surface area (Å²) in [5, 5.41) is 4.75. The van der Waals surface area contributed by atoms with E-state index >= 15 is 0 Å². The molecule has 0 aliphatic carbocycles. The second-order valence-corrected chi connectivity index (χ2v) is 5.07. The number of benzene rings is 2. The lowest BCUT2D eigenvalue weighted by Crippen LogP contribution is -2.16. The van der Waals surface area contributed by atoms with Crippen LogP contribution >= 0.6 is 0 Å². The standard InChI is InChI=1S/C17H10F4N4O/c18-9-3-1-2-4-11(9)24-14-8-22-13(7-23-14)17(26)25-12-6-5-10(19)15(20)16(12)21/h1-8H,(H,23,24)(H,25,26). The minimum Gasteiger partial charge on any atom is -0.337 e. The van der Waals surface area contributed by atoms with Crippen molar-refractivity contribution in [2.24, 2.45) is 0 Å². The minimum atomic E-state index is -1.70. The molecule has 0 saturated heterocycles. The number of carbonyl (C=O) groups is 1. The molecule has 0 unspecified atom stereocenters. The van der Waals surface area contributed by atoms with Gasteiger partial charge in [-0.05, 0) is 24.3 Å². The lowest BCUT2D eigenvalue weighted by Gasteiger charge is -2.08. The third kappa shape index (κ3) is 3.61. The van der Waals surface area contributed by atoms with E-state index in [4.69, 9.17) is 0 Å². The molecule has 0 aliphatic rings. The fourth-order valence-corrected chi connectivity index (χ4v) is 2.02. The van der Waals surface area contributed by atoms with Gasteiger partial charge in [-0.3, -0.25) is 4.79 Å². The molecule has 2 N–H and O–H groups in total. The predicted octanol–water partition coefficient (Wildman–Crippen LogP) is 4.03. The van der Waals surface area contributed by atoms with Gasteiger partial charge in [-0.15, -0.1) is 0 Å². The Balaban J connectivity index is 1.73. The van der Waals surface area contributed by atoms with Crippen LogP contribution in [0, 0.1) is 23.3 Å². The van der Waals surface area contributed by atoms with Gasteiger partial charge in [0.2, 0.25) is 0 Å². The maximum absolute atomic E-state index is 13.6. The van der Waals surface area contributed by atoms with Crippen molar-refractivity contribution in [2.75, 3.05) is 10.6 Å². The Bertz CT molecular complexity index is 963. The Hall–Kier alpha value is -3.49. The maximum Gasteiger partial charge on any atom is 0.275 e. The summed E-state index contributed by atoms with van der Waals surface area (Å²) in [5.74, 6) is -5.79. The fourth-order valence-electron chi connectivity index (χ4n) is 2.02. The van der Waals surface area contributed by atoms with Crippen LogP contribution in [0.25, 0.3) is 0 Å². The third-order valence-electron chi connectivity index (χ3n) is 3.30. The predicted molar refractivity (Wildman–Crippen MR) is 86.0 cm³/mol. The van der Waals surface area contributed by atoms with Gasteiger partial charge in [0.15, 0.2) is 17.5 Å². The molecule has 0 aliphatic heterocycles. The Kier molecular flexibility index (Phi) is 4.78. The van der Waals surface area contributed by atoms with Crippen molar-refractivity contribution in [3.63, 3.8) is 0 Å². The second kappa shape index (κ2) is 7.18. The highest BCUT2D eigenvalue weighted by Crippen LogP contribution is 2.20. The largest absolute Gasteiger partial charge is 0.337 e. The molecule has 0 bridgehead atoms. The average Bonchev–Trinajstić information content (AvgIpc) is 2.64. The van der Waals surface area contributed by atoms with Crippen LogP contribution in [0.1, 0.15) is 10.5 Å². The Morgan fingerprint density at radius 1 is 0.808 bits per heavy atom. The first kappa shape index (κ1) is 17.3. The number of para-hydroxylation sites is 1. The molecule has 2 aromatic carbocycles. The van der Waals surface area contributed by atoms with Crippen LogP contribution in [0.15, 0.2) is 48.8 Å². The molecule has 3 rings (SSSR count). The van der Waals surface area contributed by atoms with Gasteiger partial charge in [0.1, 0.15) is 17.3 Å². The zero-order valence-corrected chi connectivity index (χ0v) is 12.9. The second-order valence-electron chi connectivity index (χ2n) is 5.07. The maximum atomic E-state index is 13.6. The molecule has 5 nitrogen and oxygen atoms in total. The highest BCUT2D eigenvalue weighted by atomic mass is 19.2. The SMILES string of the molecule is O=C(Nc1ccc(F)c(F)c1F)c1cnc(Nc2ccccc2F)cn1. The highest BCUT2D eigenvalue weighted by Gasteiger charge is 2.17. The molecule has 3 aromatic rings. The van der Waals surface area contributed by atoms with Gasteiger partial charge < -0.3 is 10.6 Å². The van der Waals surface area contributed by atoms with E-state index in [2.05, 4.69) is 20.6 Å². The molecule has 0 fully saturated rings. The number of anilines is 3. The molecular formula is C17H10F4N4O. The first-order valence-corrected chi connectivity index (χ1v) is 7.24. The van der Waals surface area contributed by atoms with Gasteiger partial charge >= 0.3 is 0 Å². The average molecular weight is 362 g/mol. The lowest BCUT2D eigenvalue weighted by molar-refractivity contribution is 0.102. The molecule has 1 heterocycles. The smallest absolute Gasteiger partial charge is 0.275 e. The number of amides is 1. The molecular weight excluding hydrogens is 352 g/mol. The van der Waals surface area contributed by atoms with Gasteiger partial charge in [0.25, 0.3) is 5.91 Å². The molecule has 26 heavy (non-hydrogen) atoms. The summed E-state index contributed by atoms with van der Waals surface area (Å²) in [6.45, 7) is 0. The molecule has 1 aromatic heterocycles. The Labute approximate surface area is 144 Å². The van der Waals surface area contributed by atoms with Crippen molar-refractivity contribution in [1.82, 2.24) is 9.97 Å². The molecule has 0 spiro atoms. The van der Waals surface area contributed by atoms with E-state index in [1.54, 1.807) is 6.07 Å². The van der Waals surface area contributed by atoms with Crippen LogP contribution in [0.4, 0.5) is 34.8 Å². The van der Waals surface area contributed by atoms with Gasteiger partial charge in [-0.2, -0.15) is 0 Å². The molecule has 0 atom stereocenters. The molecule has 0 radical (unpaired) electrons. The molecule has 132 valence electrons. The van der Waals surface area contributed by atoms with E-state index in [9.17, 15) is 22.4 Å². The summed E-state index contributed by atoms with van der Waals surface area (Å²) >= 11 is 0. The van der Waals surface area contributed by atoms with E-state index in [0.29, 0.717) is 6.07 Å². The van der Waals surface area contributed by atoms with E-state index in [0.717, 1.165) is 12.3 Å². The Morgan fingerprint density at radius 3 is 2.27 bits per heavy atom. The number of hydrogen-bond acceptors (Lipinski definition) is 4. The van der Waals surface area contributed by atoms with E-state index < -0.39 is 34.9 Å². The van der Waals surface area contributed by atoms with E-state index in [1.165, 1.54) is 24.4 Å². The van der Waals surface area contributed by atoms with Crippen LogP contribution in [0.5, 0.6) is 0 Å². The summed E-state index contributed by atoms with van der Waals surface area (Å²) in [4.78, 5) is 19.7. The number of aromatic nitrogens is 2. The summed E-state index contributed by atoms with van der Waals surface area (Å²) < 4.78 is 53.2. The zero-order valence-electron chi connectivity index (χ0n) is 12.9. The lowest BCUT2D eigenvalue weighted by atomic mass is 10.2. The number of carbonyl (C=O) groups excluding carboxylic acids is 1. The summed E-state index contributed by atoms with van der Waals surface area (Å²) in [6, 6.07) is 7.46. The Morgan fingerprint density at radius 2 is 1.58 bits per heavy atom. The summed E-state index contributed by atoms with van der Waals surface area (Å²) in [7, 11) is 0.